The number of hydrogen-bond acceptors (Lipinski definition) is 10. The highest BCUT2D eigenvalue weighted by atomic mass is 32.2. The van der Waals surface area contributed by atoms with Crippen LogP contribution in [0.5, 0.6) is 17.2 Å². The van der Waals surface area contributed by atoms with E-state index in [4.69, 9.17) is 18.9 Å². The van der Waals surface area contributed by atoms with E-state index in [2.05, 4.69) is 16.5 Å². The Labute approximate surface area is 281 Å². The van der Waals surface area contributed by atoms with Gasteiger partial charge in [-0.15, -0.1) is 11.3 Å². The first-order valence-corrected chi connectivity index (χ1v) is 18.4. The molecule has 2 aromatic carbocycles. The Hall–Kier alpha value is -3.36. The fourth-order valence-electron chi connectivity index (χ4n) is 5.79. The number of sulfonamides is 1. The number of aliphatic hydroxyl groups excluding tert-OH is 1. The first kappa shape index (κ1) is 35.0. The van der Waals surface area contributed by atoms with Gasteiger partial charge < -0.3 is 29.0 Å². The summed E-state index contributed by atoms with van der Waals surface area (Å²) in [6.07, 6.45) is 2.10. The molecule has 3 aromatic rings. The van der Waals surface area contributed by atoms with Gasteiger partial charge in [-0.3, -0.25) is 14.4 Å². The highest BCUT2D eigenvalue weighted by Crippen LogP contribution is 2.33. The Balaban J connectivity index is 1.40. The lowest BCUT2D eigenvalue weighted by molar-refractivity contribution is -0.0177. The summed E-state index contributed by atoms with van der Waals surface area (Å²) in [4.78, 5) is 18.2. The molecular formula is C34H45N3O8S2. The number of fused-ring (bicyclic) bond motifs is 2. The molecule has 0 radical (unpaired) electrons. The Kier molecular flexibility index (Phi) is 11.7. The highest BCUT2D eigenvalue weighted by Gasteiger charge is 2.31. The molecule has 0 bridgehead atoms. The van der Waals surface area contributed by atoms with E-state index in [0.717, 1.165) is 47.7 Å². The molecule has 5 rings (SSSR count). The van der Waals surface area contributed by atoms with Crippen LogP contribution in [0.1, 0.15) is 56.0 Å². The van der Waals surface area contributed by atoms with Crippen LogP contribution in [0.2, 0.25) is 0 Å². The minimum Gasteiger partial charge on any atom is -0.490 e. The van der Waals surface area contributed by atoms with E-state index < -0.39 is 16.1 Å². The smallest absolute Gasteiger partial charge is 0.271 e. The lowest BCUT2D eigenvalue weighted by Crippen LogP contribution is -2.47. The normalized spacial score (nSPS) is 21.5. The Morgan fingerprint density at radius 3 is 2.64 bits per heavy atom. The molecule has 0 fully saturated rings. The van der Waals surface area contributed by atoms with Crippen molar-refractivity contribution >= 4 is 33.0 Å². The van der Waals surface area contributed by atoms with Crippen molar-refractivity contribution in [3.05, 3.63) is 65.0 Å². The quantitative estimate of drug-likeness (QED) is 0.312. The van der Waals surface area contributed by atoms with Gasteiger partial charge in [0.1, 0.15) is 9.96 Å². The van der Waals surface area contributed by atoms with Crippen molar-refractivity contribution in [3.63, 3.8) is 0 Å². The number of hydrogen-bond donors (Lipinski definition) is 2. The molecule has 256 valence electrons. The number of ether oxygens (including phenoxy) is 4. The summed E-state index contributed by atoms with van der Waals surface area (Å²) in [5.41, 5.74) is 1.57. The number of nitrogens with zero attached hydrogens (tertiary/aromatic N) is 2. The molecular weight excluding hydrogens is 643 g/mol. The van der Waals surface area contributed by atoms with Gasteiger partial charge in [0, 0.05) is 37.8 Å². The van der Waals surface area contributed by atoms with Crippen molar-refractivity contribution < 1.29 is 37.3 Å². The molecule has 0 spiro atoms. The number of likely N-dealkylation sites (N-methyl/N-ethyl adjacent to an activating group) is 1. The number of rotatable bonds is 9. The molecule has 47 heavy (non-hydrogen) atoms. The number of thiophene rings is 1. The van der Waals surface area contributed by atoms with E-state index >= 15 is 0 Å². The average Bonchev–Trinajstić information content (AvgIpc) is 3.75. The third-order valence-electron chi connectivity index (χ3n) is 8.44. The van der Waals surface area contributed by atoms with E-state index in [1.54, 1.807) is 35.4 Å². The number of carbonyl (C=O) groups is 1. The van der Waals surface area contributed by atoms with Gasteiger partial charge in [-0.2, -0.15) is 0 Å². The lowest BCUT2D eigenvalue weighted by Gasteiger charge is -2.36. The number of amides is 1. The van der Waals surface area contributed by atoms with Gasteiger partial charge in [0.2, 0.25) is 6.79 Å². The summed E-state index contributed by atoms with van der Waals surface area (Å²) < 4.78 is 52.5. The molecule has 2 N–H and O–H groups in total. The average molecular weight is 688 g/mol. The molecule has 13 heteroatoms. The van der Waals surface area contributed by atoms with Gasteiger partial charge >= 0.3 is 0 Å². The summed E-state index contributed by atoms with van der Waals surface area (Å²) in [5, 5.41) is 11.9. The minimum absolute atomic E-state index is 0.0982. The van der Waals surface area contributed by atoms with Crippen LogP contribution in [-0.2, 0) is 21.3 Å². The molecule has 4 atom stereocenters. The molecule has 1 aromatic heterocycles. The maximum atomic E-state index is 14.4. The molecule has 2 aliphatic heterocycles. The van der Waals surface area contributed by atoms with E-state index in [1.807, 2.05) is 32.2 Å². The molecule has 0 saturated carbocycles. The monoisotopic (exact) mass is 687 g/mol. The van der Waals surface area contributed by atoms with Crippen LogP contribution in [0, 0.1) is 5.92 Å². The maximum absolute atomic E-state index is 14.4. The third-order valence-corrected chi connectivity index (χ3v) is 11.2. The first-order valence-electron chi connectivity index (χ1n) is 16.0. The van der Waals surface area contributed by atoms with Gasteiger partial charge in [-0.05, 0) is 87.5 Å². The largest absolute Gasteiger partial charge is 0.490 e. The SMILES string of the molecule is C[C@@H]1CCCCO[C@H](CN(C)Cc2ccc3c(c2)OCO3)[C@@H](C)CN([C@H](C)CO)C(=O)c2cc(NS(=O)(=O)c3cccs3)ccc2O1. The summed E-state index contributed by atoms with van der Waals surface area (Å²) in [6.45, 7) is 7.97. The van der Waals surface area contributed by atoms with Crippen LogP contribution < -0.4 is 18.9 Å². The number of nitrogens with one attached hydrogen (secondary N) is 1. The summed E-state index contributed by atoms with van der Waals surface area (Å²) in [5.74, 6) is 1.40. The second-order valence-electron chi connectivity index (χ2n) is 12.4. The molecule has 0 saturated heterocycles. The van der Waals surface area contributed by atoms with Gasteiger partial charge in [-0.25, -0.2) is 8.42 Å². The Bertz CT molecular complexity index is 1600. The fourth-order valence-corrected chi connectivity index (χ4v) is 7.84. The minimum atomic E-state index is -3.83. The summed E-state index contributed by atoms with van der Waals surface area (Å²) in [7, 11) is -1.79. The van der Waals surface area contributed by atoms with Crippen LogP contribution in [0.4, 0.5) is 5.69 Å². The topological polar surface area (TPSA) is 127 Å². The van der Waals surface area contributed by atoms with Gasteiger partial charge in [0.25, 0.3) is 15.9 Å². The fraction of sp³-hybridized carbons (Fsp3) is 0.500. The zero-order chi connectivity index (χ0) is 33.6. The maximum Gasteiger partial charge on any atom is 0.271 e. The number of carbonyl (C=O) groups excluding carboxylic acids is 1. The predicted molar refractivity (Wildman–Crippen MR) is 181 cm³/mol. The van der Waals surface area contributed by atoms with Crippen molar-refractivity contribution in [2.24, 2.45) is 5.92 Å². The van der Waals surface area contributed by atoms with Crippen LogP contribution in [0.25, 0.3) is 0 Å². The molecule has 1 amide bonds. The zero-order valence-electron chi connectivity index (χ0n) is 27.4. The number of benzene rings is 2. The van der Waals surface area contributed by atoms with Crippen LogP contribution in [-0.4, -0.2) is 87.6 Å². The first-order chi connectivity index (χ1) is 22.5. The highest BCUT2D eigenvalue weighted by molar-refractivity contribution is 7.94. The lowest BCUT2D eigenvalue weighted by atomic mass is 10.0. The molecule has 0 unspecified atom stereocenters. The Morgan fingerprint density at radius 1 is 1.09 bits per heavy atom. The van der Waals surface area contributed by atoms with Gasteiger partial charge in [0.15, 0.2) is 11.5 Å². The predicted octanol–water partition coefficient (Wildman–Crippen LogP) is 5.21. The van der Waals surface area contributed by atoms with Crippen molar-refractivity contribution in [1.29, 1.82) is 0 Å². The van der Waals surface area contributed by atoms with E-state index in [9.17, 15) is 18.3 Å². The zero-order valence-corrected chi connectivity index (χ0v) is 29.0. The van der Waals surface area contributed by atoms with Crippen molar-refractivity contribution in [2.75, 3.05) is 44.9 Å². The van der Waals surface area contributed by atoms with E-state index in [1.165, 1.54) is 12.1 Å². The molecule has 11 nitrogen and oxygen atoms in total. The standard InChI is InChI=1S/C34H45N3O8S2/c1-23-18-37(24(2)21-38)34(39)28-17-27(35-47(40,41)33-9-7-15-46-33)11-13-29(28)45-25(3)8-5-6-14-42-32(23)20-36(4)19-26-10-12-30-31(16-26)44-22-43-30/h7,9-13,15-17,23-25,32,35,38H,5-6,8,14,18-22H2,1-4H3/t23-,24+,25+,32+/m0/s1. The second-order valence-corrected chi connectivity index (χ2v) is 15.3. The van der Waals surface area contributed by atoms with Crippen LogP contribution >= 0.6 is 11.3 Å². The second kappa shape index (κ2) is 15.7. The Morgan fingerprint density at radius 2 is 1.87 bits per heavy atom. The van der Waals surface area contributed by atoms with E-state index in [-0.39, 0.29) is 52.9 Å². The summed E-state index contributed by atoms with van der Waals surface area (Å²) >= 11 is 1.11. The van der Waals surface area contributed by atoms with Gasteiger partial charge in [-0.1, -0.05) is 19.1 Å². The van der Waals surface area contributed by atoms with E-state index in [0.29, 0.717) is 32.0 Å². The third kappa shape index (κ3) is 8.96. The van der Waals surface area contributed by atoms with Crippen molar-refractivity contribution in [1.82, 2.24) is 9.80 Å². The molecule has 0 aliphatic carbocycles. The molecule has 3 heterocycles. The van der Waals surface area contributed by atoms with Crippen molar-refractivity contribution in [3.8, 4) is 17.2 Å². The number of anilines is 1. The number of aliphatic hydroxyl groups is 1. The van der Waals surface area contributed by atoms with Crippen molar-refractivity contribution in [2.45, 2.75) is 69.0 Å². The summed E-state index contributed by atoms with van der Waals surface area (Å²) in [6, 6.07) is 13.4. The van der Waals surface area contributed by atoms with Crippen LogP contribution in [0.15, 0.2) is 58.1 Å². The van der Waals surface area contributed by atoms with Gasteiger partial charge in [0.05, 0.1) is 30.4 Å². The molecule has 2 aliphatic rings. The van der Waals surface area contributed by atoms with Crippen LogP contribution in [0.3, 0.4) is 0 Å².